The first-order valence-corrected chi connectivity index (χ1v) is 5.19. The second-order valence-corrected chi connectivity index (χ2v) is 3.40. The second kappa shape index (κ2) is 6.25. The van der Waals surface area contributed by atoms with E-state index in [-0.39, 0.29) is 0 Å². The summed E-state index contributed by atoms with van der Waals surface area (Å²) < 4.78 is 9.84. The Morgan fingerprint density at radius 3 is 2.50 bits per heavy atom. The lowest BCUT2D eigenvalue weighted by Crippen LogP contribution is -2.23. The number of carbonyl (C=O) groups is 1. The van der Waals surface area contributed by atoms with Gasteiger partial charge in [-0.05, 0) is 18.1 Å². The van der Waals surface area contributed by atoms with E-state index in [0.29, 0.717) is 13.2 Å². The van der Waals surface area contributed by atoms with E-state index in [1.165, 1.54) is 0 Å². The van der Waals surface area contributed by atoms with Gasteiger partial charge in [-0.3, -0.25) is 0 Å². The molecule has 1 aromatic rings. The Bertz CT molecular complexity index is 335. The Kier molecular flexibility index (Phi) is 4.95. The molecule has 0 spiro atoms. The number of hydrogen-bond acceptors (Lipinski definition) is 4. The third kappa shape index (κ3) is 3.32. The predicted molar refractivity (Wildman–Crippen MR) is 60.7 cm³/mol. The van der Waals surface area contributed by atoms with E-state index in [9.17, 15) is 4.79 Å². The molecule has 0 bridgehead atoms. The van der Waals surface area contributed by atoms with E-state index >= 15 is 0 Å². The number of carbonyl (C=O) groups excluding carboxylic acids is 1. The highest BCUT2D eigenvalue weighted by Crippen LogP contribution is 2.13. The largest absolute Gasteiger partial charge is 0.465 e. The quantitative estimate of drug-likeness (QED) is 0.766. The molecular weight excluding hydrogens is 206 g/mol. The number of nitrogens with two attached hydrogens (primary N) is 1. The lowest BCUT2D eigenvalue weighted by atomic mass is 10.1. The molecule has 16 heavy (non-hydrogen) atoms. The minimum absolute atomic E-state index is 0.342. The molecule has 4 nitrogen and oxygen atoms in total. The van der Waals surface area contributed by atoms with Crippen molar-refractivity contribution >= 4 is 5.97 Å². The molecule has 0 saturated carbocycles. The Morgan fingerprint density at radius 2 is 2.00 bits per heavy atom. The number of benzene rings is 1. The van der Waals surface area contributed by atoms with E-state index in [1.54, 1.807) is 14.0 Å². The molecule has 2 N–H and O–H groups in total. The lowest BCUT2D eigenvalue weighted by molar-refractivity contribution is -0.144. The van der Waals surface area contributed by atoms with Crippen LogP contribution in [0, 0.1) is 0 Å². The maximum Gasteiger partial charge on any atom is 0.327 e. The summed E-state index contributed by atoms with van der Waals surface area (Å²) in [7, 11) is 1.64. The lowest BCUT2D eigenvalue weighted by Gasteiger charge is -2.11. The number of ether oxygens (including phenoxy) is 2. The van der Waals surface area contributed by atoms with E-state index in [1.807, 2.05) is 24.3 Å². The summed E-state index contributed by atoms with van der Waals surface area (Å²) in [4.78, 5) is 11.4. The van der Waals surface area contributed by atoms with Gasteiger partial charge < -0.3 is 15.2 Å². The fourth-order valence-corrected chi connectivity index (χ4v) is 1.36. The summed E-state index contributed by atoms with van der Waals surface area (Å²) in [6.45, 7) is 2.65. The summed E-state index contributed by atoms with van der Waals surface area (Å²) in [6.07, 6.45) is 0. The van der Waals surface area contributed by atoms with Crippen LogP contribution in [0.15, 0.2) is 24.3 Å². The van der Waals surface area contributed by atoms with E-state index in [4.69, 9.17) is 15.2 Å². The van der Waals surface area contributed by atoms with Crippen molar-refractivity contribution < 1.29 is 14.3 Å². The standard InChI is InChI=1S/C12H17NO3/c1-3-16-12(14)11(13)10-6-4-9(5-7-10)8-15-2/h4-7,11H,3,8,13H2,1-2H3. The molecular formula is C12H17NO3. The molecule has 0 aliphatic heterocycles. The zero-order valence-electron chi connectivity index (χ0n) is 9.60. The highest BCUT2D eigenvalue weighted by Gasteiger charge is 2.16. The number of methoxy groups -OCH3 is 1. The van der Waals surface area contributed by atoms with Gasteiger partial charge in [0.05, 0.1) is 13.2 Å². The van der Waals surface area contributed by atoms with Crippen LogP contribution in [0.5, 0.6) is 0 Å². The highest BCUT2D eigenvalue weighted by molar-refractivity contribution is 5.77. The van der Waals surface area contributed by atoms with Crippen LogP contribution >= 0.6 is 0 Å². The van der Waals surface area contributed by atoms with Crippen LogP contribution in [0.3, 0.4) is 0 Å². The van der Waals surface area contributed by atoms with Gasteiger partial charge in [0.15, 0.2) is 0 Å². The van der Waals surface area contributed by atoms with E-state index in [0.717, 1.165) is 11.1 Å². The van der Waals surface area contributed by atoms with Gasteiger partial charge in [-0.25, -0.2) is 4.79 Å². The summed E-state index contributed by atoms with van der Waals surface area (Å²) in [5, 5.41) is 0. The molecule has 0 aromatic heterocycles. The highest BCUT2D eigenvalue weighted by atomic mass is 16.5. The van der Waals surface area contributed by atoms with Crippen molar-refractivity contribution in [1.29, 1.82) is 0 Å². The van der Waals surface area contributed by atoms with Crippen molar-refractivity contribution in [2.45, 2.75) is 19.6 Å². The van der Waals surface area contributed by atoms with E-state index < -0.39 is 12.0 Å². The zero-order chi connectivity index (χ0) is 12.0. The van der Waals surface area contributed by atoms with Gasteiger partial charge in [0.1, 0.15) is 6.04 Å². The molecule has 0 fully saturated rings. The number of hydrogen-bond donors (Lipinski definition) is 1. The summed E-state index contributed by atoms with van der Waals surface area (Å²) in [6, 6.07) is 6.69. The molecule has 1 unspecified atom stereocenters. The van der Waals surface area contributed by atoms with Crippen LogP contribution < -0.4 is 5.73 Å². The Hall–Kier alpha value is -1.39. The maximum atomic E-state index is 11.4. The minimum atomic E-state index is -0.712. The molecule has 1 rings (SSSR count). The predicted octanol–water partition coefficient (Wildman–Crippen LogP) is 1.40. The Morgan fingerprint density at radius 1 is 1.38 bits per heavy atom. The molecule has 0 aliphatic carbocycles. The van der Waals surface area contributed by atoms with Gasteiger partial charge in [-0.15, -0.1) is 0 Å². The van der Waals surface area contributed by atoms with Gasteiger partial charge >= 0.3 is 5.97 Å². The van der Waals surface area contributed by atoms with Crippen LogP contribution in [0.25, 0.3) is 0 Å². The molecule has 0 aliphatic rings. The number of esters is 1. The van der Waals surface area contributed by atoms with Crippen molar-refractivity contribution in [1.82, 2.24) is 0 Å². The fourth-order valence-electron chi connectivity index (χ4n) is 1.36. The van der Waals surface area contributed by atoms with Crippen LogP contribution in [-0.2, 0) is 20.9 Å². The van der Waals surface area contributed by atoms with Gasteiger partial charge in [-0.1, -0.05) is 24.3 Å². The van der Waals surface area contributed by atoms with Crippen molar-refractivity contribution in [3.05, 3.63) is 35.4 Å². The summed E-state index contributed by atoms with van der Waals surface area (Å²) in [5.74, 6) is -0.401. The Balaban J connectivity index is 2.69. The monoisotopic (exact) mass is 223 g/mol. The second-order valence-electron chi connectivity index (χ2n) is 3.40. The first kappa shape index (κ1) is 12.7. The maximum absolute atomic E-state index is 11.4. The van der Waals surface area contributed by atoms with E-state index in [2.05, 4.69) is 0 Å². The van der Waals surface area contributed by atoms with Gasteiger partial charge in [0, 0.05) is 7.11 Å². The first-order valence-electron chi connectivity index (χ1n) is 5.19. The molecule has 0 saturated heterocycles. The topological polar surface area (TPSA) is 61.5 Å². The molecule has 0 radical (unpaired) electrons. The Labute approximate surface area is 95.3 Å². The normalized spacial score (nSPS) is 12.2. The average Bonchev–Trinajstić information content (AvgIpc) is 2.30. The van der Waals surface area contributed by atoms with Crippen molar-refractivity contribution in [2.75, 3.05) is 13.7 Å². The van der Waals surface area contributed by atoms with Crippen LogP contribution in [0.2, 0.25) is 0 Å². The SMILES string of the molecule is CCOC(=O)C(N)c1ccc(COC)cc1. The zero-order valence-corrected chi connectivity index (χ0v) is 9.60. The molecule has 1 atom stereocenters. The van der Waals surface area contributed by atoms with Crippen LogP contribution in [-0.4, -0.2) is 19.7 Å². The summed E-state index contributed by atoms with van der Waals surface area (Å²) >= 11 is 0. The molecule has 88 valence electrons. The smallest absolute Gasteiger partial charge is 0.327 e. The molecule has 4 heteroatoms. The molecule has 0 heterocycles. The molecule has 0 amide bonds. The average molecular weight is 223 g/mol. The minimum Gasteiger partial charge on any atom is -0.465 e. The van der Waals surface area contributed by atoms with Crippen molar-refractivity contribution in [2.24, 2.45) is 5.73 Å². The third-order valence-electron chi connectivity index (χ3n) is 2.19. The van der Waals surface area contributed by atoms with Crippen LogP contribution in [0.1, 0.15) is 24.1 Å². The molecule has 1 aromatic carbocycles. The van der Waals surface area contributed by atoms with Crippen molar-refractivity contribution in [3.63, 3.8) is 0 Å². The third-order valence-corrected chi connectivity index (χ3v) is 2.19. The van der Waals surface area contributed by atoms with Crippen LogP contribution in [0.4, 0.5) is 0 Å². The van der Waals surface area contributed by atoms with Crippen molar-refractivity contribution in [3.8, 4) is 0 Å². The summed E-state index contributed by atoms with van der Waals surface area (Å²) in [5.41, 5.74) is 7.54. The first-order chi connectivity index (χ1) is 7.69. The fraction of sp³-hybridized carbons (Fsp3) is 0.417. The number of rotatable bonds is 5. The van der Waals surface area contributed by atoms with Gasteiger partial charge in [0.2, 0.25) is 0 Å². The van der Waals surface area contributed by atoms with Gasteiger partial charge in [-0.2, -0.15) is 0 Å². The van der Waals surface area contributed by atoms with Gasteiger partial charge in [0.25, 0.3) is 0 Å².